The van der Waals surface area contributed by atoms with E-state index in [9.17, 15) is 18.0 Å². The summed E-state index contributed by atoms with van der Waals surface area (Å²) in [5.41, 5.74) is 5.76. The molecule has 0 fully saturated rings. The van der Waals surface area contributed by atoms with E-state index < -0.39 is 18.1 Å². The van der Waals surface area contributed by atoms with E-state index >= 15 is 0 Å². The number of ether oxygens (including phenoxy) is 4. The van der Waals surface area contributed by atoms with Crippen molar-refractivity contribution in [3.8, 4) is 28.5 Å². The zero-order valence-corrected chi connectivity index (χ0v) is 26.1. The minimum atomic E-state index is -4.76. The Morgan fingerprint density at radius 2 is 1.78 bits per heavy atom. The maximum atomic E-state index is 13.2. The minimum Gasteiger partial charge on any atom is -0.493 e. The molecular weight excluding hydrogens is 597 g/mol. The highest BCUT2D eigenvalue weighted by atomic mass is 19.4. The van der Waals surface area contributed by atoms with Gasteiger partial charge in [0.1, 0.15) is 24.2 Å². The molecule has 6 rings (SSSR count). The van der Waals surface area contributed by atoms with Gasteiger partial charge in [-0.2, -0.15) is 0 Å². The van der Waals surface area contributed by atoms with Crippen LogP contribution >= 0.6 is 0 Å². The lowest BCUT2D eigenvalue weighted by Gasteiger charge is -2.30. The van der Waals surface area contributed by atoms with Crippen molar-refractivity contribution < 1.29 is 36.9 Å². The molecule has 1 atom stereocenters. The highest BCUT2D eigenvalue weighted by molar-refractivity contribution is 6.08. The van der Waals surface area contributed by atoms with Crippen LogP contribution in [0.2, 0.25) is 0 Å². The molecule has 46 heavy (non-hydrogen) atoms. The molecule has 2 aromatic heterocycles. The lowest BCUT2D eigenvalue weighted by atomic mass is 9.86. The van der Waals surface area contributed by atoms with Crippen molar-refractivity contribution in [2.45, 2.75) is 65.7 Å². The number of halogens is 3. The van der Waals surface area contributed by atoms with Crippen LogP contribution in [0.1, 0.15) is 56.1 Å². The molecular formula is C36H33F3N2O5. The molecule has 1 unspecified atom stereocenters. The van der Waals surface area contributed by atoms with E-state index in [2.05, 4.69) is 4.74 Å². The predicted molar refractivity (Wildman–Crippen MR) is 168 cm³/mol. The average molecular weight is 631 g/mol. The first-order chi connectivity index (χ1) is 21.8. The van der Waals surface area contributed by atoms with Crippen molar-refractivity contribution in [3.63, 3.8) is 0 Å². The van der Waals surface area contributed by atoms with E-state index in [1.54, 1.807) is 12.3 Å². The highest BCUT2D eigenvalue weighted by Gasteiger charge is 2.32. The first-order valence-corrected chi connectivity index (χ1v) is 14.9. The van der Waals surface area contributed by atoms with Gasteiger partial charge in [-0.1, -0.05) is 12.1 Å². The highest BCUT2D eigenvalue weighted by Crippen LogP contribution is 2.45. The van der Waals surface area contributed by atoms with Crippen molar-refractivity contribution in [2.24, 2.45) is 0 Å². The van der Waals surface area contributed by atoms with Crippen LogP contribution in [0.4, 0.5) is 13.2 Å². The van der Waals surface area contributed by atoms with Crippen LogP contribution in [-0.2, 0) is 22.6 Å². The van der Waals surface area contributed by atoms with Crippen LogP contribution in [0, 0.1) is 6.92 Å². The molecule has 10 heteroatoms. The Bertz CT molecular complexity index is 1940. The van der Waals surface area contributed by atoms with Crippen molar-refractivity contribution in [1.29, 1.82) is 0 Å². The van der Waals surface area contributed by atoms with Gasteiger partial charge in [-0.3, -0.25) is 9.78 Å². The van der Waals surface area contributed by atoms with Gasteiger partial charge >= 0.3 is 6.36 Å². The quantitative estimate of drug-likeness (QED) is 0.170. The number of benzene rings is 3. The first-order valence-electron chi connectivity index (χ1n) is 14.9. The summed E-state index contributed by atoms with van der Waals surface area (Å²) >= 11 is 0. The number of ketones is 1. The van der Waals surface area contributed by atoms with Gasteiger partial charge in [0, 0.05) is 35.0 Å². The number of carbonyl (C=O) groups excluding carboxylic acids is 1. The van der Waals surface area contributed by atoms with E-state index in [4.69, 9.17) is 24.2 Å². The number of aryl methyl sites for hydroxylation is 1. The fraction of sp³-hybridized carbons (Fsp3) is 0.306. The summed E-state index contributed by atoms with van der Waals surface area (Å²) in [4.78, 5) is 22.8. The van der Waals surface area contributed by atoms with E-state index in [1.165, 1.54) is 31.2 Å². The smallest absolute Gasteiger partial charge is 0.493 e. The van der Waals surface area contributed by atoms with Crippen LogP contribution in [-0.4, -0.2) is 34.3 Å². The van der Waals surface area contributed by atoms with E-state index in [0.29, 0.717) is 23.6 Å². The number of fused-ring (bicyclic) bond motifs is 1. The molecule has 5 aromatic rings. The third-order valence-corrected chi connectivity index (χ3v) is 7.70. The molecule has 0 saturated heterocycles. The van der Waals surface area contributed by atoms with Gasteiger partial charge in [-0.05, 0) is 105 Å². The summed E-state index contributed by atoms with van der Waals surface area (Å²) in [7, 11) is 0. The number of aromatic nitrogens is 2. The number of Topliss-reactive ketones (excluding diaryl/α,β-unsaturated/α-hetero) is 1. The van der Waals surface area contributed by atoms with Crippen LogP contribution in [0.5, 0.6) is 17.4 Å². The first kappa shape index (κ1) is 31.3. The maximum absolute atomic E-state index is 13.2. The molecule has 0 saturated carbocycles. The zero-order valence-electron chi connectivity index (χ0n) is 26.1. The van der Waals surface area contributed by atoms with Crippen LogP contribution in [0.25, 0.3) is 32.9 Å². The van der Waals surface area contributed by atoms with Gasteiger partial charge in [-0.25, -0.2) is 4.98 Å². The predicted octanol–water partition coefficient (Wildman–Crippen LogP) is 8.62. The summed E-state index contributed by atoms with van der Waals surface area (Å²) in [6.45, 7) is 9.90. The number of hydrogen-bond acceptors (Lipinski definition) is 7. The van der Waals surface area contributed by atoms with Crippen molar-refractivity contribution >= 4 is 27.6 Å². The number of rotatable bonds is 8. The van der Waals surface area contributed by atoms with Crippen LogP contribution < -0.4 is 14.2 Å². The van der Waals surface area contributed by atoms with E-state index in [-0.39, 0.29) is 18.1 Å². The van der Waals surface area contributed by atoms with Gasteiger partial charge in [0.2, 0.25) is 5.88 Å². The molecule has 0 N–H and O–H groups in total. The van der Waals surface area contributed by atoms with Crippen LogP contribution in [0.15, 0.2) is 66.9 Å². The molecule has 0 spiro atoms. The molecule has 3 heterocycles. The number of pyridine rings is 2. The summed E-state index contributed by atoms with van der Waals surface area (Å²) in [6, 6.07) is 17.0. The molecule has 238 valence electrons. The molecule has 0 aliphatic carbocycles. The Morgan fingerprint density at radius 3 is 2.48 bits per heavy atom. The second-order valence-electron chi connectivity index (χ2n) is 12.3. The second-order valence-corrected chi connectivity index (χ2v) is 12.3. The molecule has 0 radical (unpaired) electrons. The monoisotopic (exact) mass is 630 g/mol. The van der Waals surface area contributed by atoms with E-state index in [1.807, 2.05) is 58.0 Å². The SMILES string of the molecule is CC(=O)C(OC(C)(C)C)c1c(C)cc2nc(OCc3ccc(OC(F)(F)F)cc3)ccc2c1-c1ccc2c3c(ccnc13)CCO2. The summed E-state index contributed by atoms with van der Waals surface area (Å²) in [6.07, 6.45) is -3.04. The standard InChI is InChI=1S/C36H33F3N2O5/c1-20-18-27-25(11-13-29(41-27)44-19-22-6-8-24(9-7-22)45-36(37,38)39)32(30(20)34(21(2)42)46-35(3,4)5)26-10-12-28-31-23(15-17-43-28)14-16-40-33(26)31/h6-14,16,18,34H,15,17,19H2,1-5H3. The summed E-state index contributed by atoms with van der Waals surface area (Å²) < 4.78 is 59.9. The Balaban J connectivity index is 1.46. The van der Waals surface area contributed by atoms with E-state index in [0.717, 1.165) is 56.3 Å². The number of hydrogen-bond donors (Lipinski definition) is 0. The van der Waals surface area contributed by atoms with Crippen molar-refractivity contribution in [3.05, 3.63) is 89.1 Å². The van der Waals surface area contributed by atoms with Gasteiger partial charge in [0.15, 0.2) is 5.78 Å². The van der Waals surface area contributed by atoms with Crippen molar-refractivity contribution in [2.75, 3.05) is 6.61 Å². The van der Waals surface area contributed by atoms with Gasteiger partial charge in [0.05, 0.1) is 23.2 Å². The molecule has 7 nitrogen and oxygen atoms in total. The summed E-state index contributed by atoms with van der Waals surface area (Å²) in [5, 5.41) is 1.73. The Kier molecular flexibility index (Phi) is 8.10. The molecule has 0 amide bonds. The van der Waals surface area contributed by atoms with Crippen LogP contribution in [0.3, 0.4) is 0 Å². The minimum absolute atomic E-state index is 0.0827. The second kappa shape index (κ2) is 11.9. The fourth-order valence-corrected chi connectivity index (χ4v) is 5.86. The number of carbonyl (C=O) groups is 1. The van der Waals surface area contributed by atoms with Gasteiger partial charge in [-0.15, -0.1) is 13.2 Å². The largest absolute Gasteiger partial charge is 0.573 e. The Hall–Kier alpha value is -4.70. The topological polar surface area (TPSA) is 79.8 Å². The Labute approximate surface area is 264 Å². The lowest BCUT2D eigenvalue weighted by molar-refractivity contribution is -0.274. The third-order valence-electron chi connectivity index (χ3n) is 7.70. The van der Waals surface area contributed by atoms with Gasteiger partial charge in [0.25, 0.3) is 0 Å². The lowest BCUT2D eigenvalue weighted by Crippen LogP contribution is -2.27. The maximum Gasteiger partial charge on any atom is 0.573 e. The van der Waals surface area contributed by atoms with Crippen molar-refractivity contribution in [1.82, 2.24) is 9.97 Å². The Morgan fingerprint density at radius 1 is 1.02 bits per heavy atom. The fourth-order valence-electron chi connectivity index (χ4n) is 5.86. The molecule has 1 aliphatic rings. The van der Waals surface area contributed by atoms with Gasteiger partial charge < -0.3 is 18.9 Å². The number of alkyl halides is 3. The number of nitrogens with zero attached hydrogens (tertiary/aromatic N) is 2. The normalized spacial score (nSPS) is 13.8. The summed E-state index contributed by atoms with van der Waals surface area (Å²) in [5.74, 6) is 0.668. The average Bonchev–Trinajstić information content (AvgIpc) is 2.98. The third kappa shape index (κ3) is 6.48. The molecule has 3 aromatic carbocycles. The zero-order chi connectivity index (χ0) is 32.8. The molecule has 0 bridgehead atoms. The molecule has 1 aliphatic heterocycles.